The third-order valence-electron chi connectivity index (χ3n) is 5.01. The van der Waals surface area contributed by atoms with Crippen LogP contribution in [0.1, 0.15) is 12.0 Å². The summed E-state index contributed by atoms with van der Waals surface area (Å²) in [5, 5.41) is 5.57. The summed E-state index contributed by atoms with van der Waals surface area (Å²) in [4.78, 5) is 27.1. The second-order valence-electron chi connectivity index (χ2n) is 6.85. The molecule has 0 radical (unpaired) electrons. The van der Waals surface area contributed by atoms with Crippen LogP contribution in [-0.4, -0.2) is 18.4 Å². The zero-order valence-electron chi connectivity index (χ0n) is 14.9. The number of rotatable bonds is 3. The van der Waals surface area contributed by atoms with Crippen LogP contribution in [0.3, 0.4) is 0 Å². The molecule has 3 aromatic rings. The molecule has 1 fully saturated rings. The predicted molar refractivity (Wildman–Crippen MR) is 109 cm³/mol. The lowest BCUT2D eigenvalue weighted by molar-refractivity contribution is -0.122. The van der Waals surface area contributed by atoms with Crippen molar-refractivity contribution in [1.82, 2.24) is 0 Å². The number of fused-ring (bicyclic) bond motifs is 1. The monoisotopic (exact) mass is 378 g/mol. The van der Waals surface area contributed by atoms with Crippen LogP contribution in [0.2, 0.25) is 5.02 Å². The fraction of sp³-hybridized carbons (Fsp3) is 0.182. The molecule has 1 N–H and O–H groups in total. The van der Waals surface area contributed by atoms with E-state index in [0.717, 1.165) is 22.0 Å². The molecule has 2 amide bonds. The van der Waals surface area contributed by atoms with Crippen molar-refractivity contribution in [3.63, 3.8) is 0 Å². The minimum atomic E-state index is -0.394. The Morgan fingerprint density at radius 2 is 1.89 bits per heavy atom. The molecular weight excluding hydrogens is 360 g/mol. The van der Waals surface area contributed by atoms with Crippen LogP contribution in [0.4, 0.5) is 11.4 Å². The smallest absolute Gasteiger partial charge is 0.229 e. The Hall–Kier alpha value is -2.85. The maximum Gasteiger partial charge on any atom is 0.229 e. The van der Waals surface area contributed by atoms with Crippen LogP contribution in [0, 0.1) is 12.8 Å². The summed E-state index contributed by atoms with van der Waals surface area (Å²) in [5.41, 5.74) is 2.47. The van der Waals surface area contributed by atoms with Gasteiger partial charge in [0, 0.05) is 29.1 Å². The van der Waals surface area contributed by atoms with Gasteiger partial charge in [0.15, 0.2) is 0 Å². The van der Waals surface area contributed by atoms with Crippen molar-refractivity contribution < 1.29 is 9.59 Å². The zero-order valence-corrected chi connectivity index (χ0v) is 15.7. The summed E-state index contributed by atoms with van der Waals surface area (Å²) in [5.74, 6) is -0.583. The van der Waals surface area contributed by atoms with Crippen molar-refractivity contribution >= 4 is 45.6 Å². The summed E-state index contributed by atoms with van der Waals surface area (Å²) in [6, 6.07) is 19.2. The molecule has 27 heavy (non-hydrogen) atoms. The highest BCUT2D eigenvalue weighted by molar-refractivity contribution is 6.31. The van der Waals surface area contributed by atoms with E-state index < -0.39 is 5.92 Å². The highest BCUT2D eigenvalue weighted by Crippen LogP contribution is 2.32. The number of hydrogen-bond acceptors (Lipinski definition) is 2. The summed E-state index contributed by atoms with van der Waals surface area (Å²) in [7, 11) is 0. The molecule has 0 unspecified atom stereocenters. The second kappa shape index (κ2) is 7.05. The van der Waals surface area contributed by atoms with Crippen molar-refractivity contribution in [2.24, 2.45) is 5.92 Å². The SMILES string of the molecule is Cc1ccc(Cl)cc1NC(=O)[C@@H]1CC(=O)N(c2cccc3ccccc23)C1. The zero-order chi connectivity index (χ0) is 19.0. The largest absolute Gasteiger partial charge is 0.325 e. The normalized spacial score (nSPS) is 16.7. The van der Waals surface area contributed by atoms with Gasteiger partial charge < -0.3 is 10.2 Å². The van der Waals surface area contributed by atoms with E-state index in [1.165, 1.54) is 0 Å². The fourth-order valence-corrected chi connectivity index (χ4v) is 3.70. The Bertz CT molecular complexity index is 1040. The molecule has 1 aliphatic heterocycles. The summed E-state index contributed by atoms with van der Waals surface area (Å²) < 4.78 is 0. The van der Waals surface area contributed by atoms with E-state index in [-0.39, 0.29) is 18.2 Å². The molecule has 5 heteroatoms. The molecule has 1 aliphatic rings. The second-order valence-corrected chi connectivity index (χ2v) is 7.29. The molecule has 4 nitrogen and oxygen atoms in total. The number of carbonyl (C=O) groups excluding carboxylic acids is 2. The van der Waals surface area contributed by atoms with Crippen LogP contribution in [-0.2, 0) is 9.59 Å². The molecule has 0 aliphatic carbocycles. The number of halogens is 1. The summed E-state index contributed by atoms with van der Waals surface area (Å²) in [6.07, 6.45) is 0.203. The average Bonchev–Trinajstić information content (AvgIpc) is 3.06. The first-order chi connectivity index (χ1) is 13.0. The molecule has 3 aromatic carbocycles. The van der Waals surface area contributed by atoms with Gasteiger partial charge in [-0.3, -0.25) is 9.59 Å². The lowest BCUT2D eigenvalue weighted by Crippen LogP contribution is -2.28. The number of carbonyl (C=O) groups is 2. The van der Waals surface area contributed by atoms with Crippen LogP contribution >= 0.6 is 11.6 Å². The maximum atomic E-state index is 12.7. The first kappa shape index (κ1) is 17.6. The number of hydrogen-bond donors (Lipinski definition) is 1. The molecule has 0 aromatic heterocycles. The van der Waals surface area contributed by atoms with Crippen molar-refractivity contribution in [3.05, 3.63) is 71.2 Å². The fourth-order valence-electron chi connectivity index (χ4n) is 3.52. The van der Waals surface area contributed by atoms with Gasteiger partial charge in [0.1, 0.15) is 0 Å². The van der Waals surface area contributed by atoms with E-state index in [2.05, 4.69) is 5.32 Å². The highest BCUT2D eigenvalue weighted by Gasteiger charge is 2.35. The van der Waals surface area contributed by atoms with Crippen molar-refractivity contribution in [2.75, 3.05) is 16.8 Å². The van der Waals surface area contributed by atoms with E-state index in [1.54, 1.807) is 17.0 Å². The van der Waals surface area contributed by atoms with E-state index in [9.17, 15) is 9.59 Å². The lowest BCUT2D eigenvalue weighted by Gasteiger charge is -2.19. The molecule has 0 saturated carbocycles. The Labute approximate surface area is 162 Å². The number of amides is 2. The van der Waals surface area contributed by atoms with Gasteiger partial charge in [-0.2, -0.15) is 0 Å². The molecular formula is C22H19ClN2O2. The standard InChI is InChI=1S/C22H19ClN2O2/c1-14-9-10-17(23)12-19(14)24-22(27)16-11-21(26)25(13-16)20-8-4-6-15-5-2-3-7-18(15)20/h2-10,12,16H,11,13H2,1H3,(H,24,27)/t16-/m1/s1. The van der Waals surface area contributed by atoms with E-state index in [1.807, 2.05) is 55.5 Å². The predicted octanol–water partition coefficient (Wildman–Crippen LogP) is 4.79. The van der Waals surface area contributed by atoms with Crippen LogP contribution in [0.15, 0.2) is 60.7 Å². The number of anilines is 2. The van der Waals surface area contributed by atoms with Crippen LogP contribution in [0.25, 0.3) is 10.8 Å². The molecule has 0 spiro atoms. The molecule has 1 atom stereocenters. The van der Waals surface area contributed by atoms with Gasteiger partial charge in [-0.1, -0.05) is 54.1 Å². The van der Waals surface area contributed by atoms with Gasteiger partial charge in [0.2, 0.25) is 11.8 Å². The van der Waals surface area contributed by atoms with Crippen molar-refractivity contribution in [1.29, 1.82) is 0 Å². The summed E-state index contributed by atoms with van der Waals surface area (Å²) >= 11 is 6.03. The molecule has 1 heterocycles. The number of benzene rings is 3. The topological polar surface area (TPSA) is 49.4 Å². The van der Waals surface area contributed by atoms with Gasteiger partial charge in [0.05, 0.1) is 11.6 Å². The van der Waals surface area contributed by atoms with E-state index in [4.69, 9.17) is 11.6 Å². The third-order valence-corrected chi connectivity index (χ3v) is 5.25. The number of nitrogens with one attached hydrogen (secondary N) is 1. The molecule has 0 bridgehead atoms. The van der Waals surface area contributed by atoms with Crippen molar-refractivity contribution in [3.8, 4) is 0 Å². The first-order valence-electron chi connectivity index (χ1n) is 8.88. The minimum absolute atomic E-state index is 0.0330. The number of aryl methyl sites for hydroxylation is 1. The van der Waals surface area contributed by atoms with Gasteiger partial charge in [-0.15, -0.1) is 0 Å². The summed E-state index contributed by atoms with van der Waals surface area (Å²) in [6.45, 7) is 2.28. The Balaban J connectivity index is 1.57. The quantitative estimate of drug-likeness (QED) is 0.712. The molecule has 4 rings (SSSR count). The average molecular weight is 379 g/mol. The van der Waals surface area contributed by atoms with Gasteiger partial charge in [-0.25, -0.2) is 0 Å². The molecule has 1 saturated heterocycles. The maximum absolute atomic E-state index is 12.7. The Morgan fingerprint density at radius 1 is 1.11 bits per heavy atom. The Kier molecular flexibility index (Phi) is 4.58. The minimum Gasteiger partial charge on any atom is -0.325 e. The lowest BCUT2D eigenvalue weighted by atomic mass is 10.1. The van der Waals surface area contributed by atoms with E-state index in [0.29, 0.717) is 17.3 Å². The van der Waals surface area contributed by atoms with Gasteiger partial charge in [0.25, 0.3) is 0 Å². The van der Waals surface area contributed by atoms with Crippen LogP contribution in [0.5, 0.6) is 0 Å². The van der Waals surface area contributed by atoms with E-state index >= 15 is 0 Å². The highest BCUT2D eigenvalue weighted by atomic mass is 35.5. The van der Waals surface area contributed by atoms with Crippen molar-refractivity contribution in [2.45, 2.75) is 13.3 Å². The van der Waals surface area contributed by atoms with Gasteiger partial charge >= 0.3 is 0 Å². The van der Waals surface area contributed by atoms with Crippen LogP contribution < -0.4 is 10.2 Å². The van der Waals surface area contributed by atoms with Gasteiger partial charge in [-0.05, 0) is 36.1 Å². The number of nitrogens with zero attached hydrogens (tertiary/aromatic N) is 1. The Morgan fingerprint density at radius 3 is 2.74 bits per heavy atom. The molecule has 136 valence electrons. The third kappa shape index (κ3) is 3.40. The first-order valence-corrected chi connectivity index (χ1v) is 9.26.